The molecule has 1 aliphatic carbocycles. The minimum absolute atomic E-state index is 0.0877. The van der Waals surface area contributed by atoms with Crippen LogP contribution in [-0.4, -0.2) is 59.3 Å². The smallest absolute Gasteiger partial charge is 0.246 e. The molecule has 0 radical (unpaired) electrons. The lowest BCUT2D eigenvalue weighted by atomic mass is 10.2. The predicted molar refractivity (Wildman–Crippen MR) is 118 cm³/mol. The van der Waals surface area contributed by atoms with Crippen LogP contribution in [0.5, 0.6) is 5.75 Å². The second-order valence-corrected chi connectivity index (χ2v) is 10.5. The van der Waals surface area contributed by atoms with Gasteiger partial charge in [0, 0.05) is 24.7 Å². The van der Waals surface area contributed by atoms with Gasteiger partial charge in [0.2, 0.25) is 21.1 Å². The standard InChI is InChI=1S/C20H27N5O4S2/c1-2-29-16-9-8-15(12-17(16)31(27,28)25-10-4-3-5-11-25)21-18(26)13-30-20-22-19(23-24-20)14-6-7-14/h8-9,12,14H,2-7,10-11,13H2,1H3,(H,21,26)(H,22,23,24). The number of benzene rings is 1. The molecule has 1 saturated carbocycles. The monoisotopic (exact) mass is 465 g/mol. The van der Waals surface area contributed by atoms with E-state index in [0.29, 0.717) is 42.2 Å². The Hall–Kier alpha value is -2.11. The number of nitrogens with zero attached hydrogens (tertiary/aromatic N) is 3. The fourth-order valence-electron chi connectivity index (χ4n) is 3.50. The molecule has 1 aromatic heterocycles. The van der Waals surface area contributed by atoms with Gasteiger partial charge in [-0.15, -0.1) is 5.10 Å². The predicted octanol–water partition coefficient (Wildman–Crippen LogP) is 2.99. The summed E-state index contributed by atoms with van der Waals surface area (Å²) in [6.45, 7) is 3.16. The fraction of sp³-hybridized carbons (Fsp3) is 0.550. The molecular formula is C20H27N5O4S2. The molecule has 1 saturated heterocycles. The average Bonchev–Trinajstić information content (AvgIpc) is 3.52. The molecule has 1 amide bonds. The van der Waals surface area contributed by atoms with Crippen molar-refractivity contribution in [3.05, 3.63) is 24.0 Å². The van der Waals surface area contributed by atoms with Crippen molar-refractivity contribution >= 4 is 33.4 Å². The van der Waals surface area contributed by atoms with Crippen LogP contribution in [-0.2, 0) is 14.8 Å². The van der Waals surface area contributed by atoms with E-state index >= 15 is 0 Å². The van der Waals surface area contributed by atoms with Crippen molar-refractivity contribution in [1.29, 1.82) is 0 Å². The number of carbonyl (C=O) groups is 1. The molecule has 0 atom stereocenters. The highest BCUT2D eigenvalue weighted by atomic mass is 32.2. The van der Waals surface area contributed by atoms with E-state index in [2.05, 4.69) is 20.5 Å². The number of thioether (sulfide) groups is 1. The van der Waals surface area contributed by atoms with Gasteiger partial charge < -0.3 is 10.1 Å². The van der Waals surface area contributed by atoms with Gasteiger partial charge in [0.1, 0.15) is 16.5 Å². The zero-order valence-electron chi connectivity index (χ0n) is 17.5. The van der Waals surface area contributed by atoms with Gasteiger partial charge in [0.25, 0.3) is 0 Å². The number of hydrogen-bond acceptors (Lipinski definition) is 7. The summed E-state index contributed by atoms with van der Waals surface area (Å²) in [6.07, 6.45) is 4.98. The molecular weight excluding hydrogens is 438 g/mol. The van der Waals surface area contributed by atoms with Gasteiger partial charge in [0.05, 0.1) is 12.4 Å². The Balaban J connectivity index is 1.44. The van der Waals surface area contributed by atoms with Crippen LogP contribution in [0.1, 0.15) is 50.8 Å². The molecule has 2 aliphatic rings. The third kappa shape index (κ3) is 5.39. The highest BCUT2D eigenvalue weighted by Crippen LogP contribution is 2.38. The molecule has 1 aromatic carbocycles. The van der Waals surface area contributed by atoms with Gasteiger partial charge >= 0.3 is 0 Å². The van der Waals surface area contributed by atoms with Gasteiger partial charge in [0.15, 0.2) is 0 Å². The molecule has 1 aliphatic heterocycles. The molecule has 0 bridgehead atoms. The summed E-state index contributed by atoms with van der Waals surface area (Å²) in [5.74, 6) is 1.52. The van der Waals surface area contributed by atoms with E-state index in [9.17, 15) is 13.2 Å². The number of H-pyrrole nitrogens is 1. The van der Waals surface area contributed by atoms with Crippen molar-refractivity contribution < 1.29 is 17.9 Å². The first-order valence-corrected chi connectivity index (χ1v) is 13.0. The molecule has 2 heterocycles. The first kappa shape index (κ1) is 22.1. The van der Waals surface area contributed by atoms with Crippen LogP contribution in [0, 0.1) is 0 Å². The summed E-state index contributed by atoms with van der Waals surface area (Å²) < 4.78 is 33.5. The largest absolute Gasteiger partial charge is 0.492 e. The van der Waals surface area contributed by atoms with E-state index in [1.165, 1.54) is 22.1 Å². The van der Waals surface area contributed by atoms with E-state index < -0.39 is 10.0 Å². The number of carbonyl (C=O) groups excluding carboxylic acids is 1. The summed E-state index contributed by atoms with van der Waals surface area (Å²) in [4.78, 5) is 16.9. The van der Waals surface area contributed by atoms with Crippen LogP contribution >= 0.6 is 11.8 Å². The Morgan fingerprint density at radius 3 is 2.77 bits per heavy atom. The third-order valence-electron chi connectivity index (χ3n) is 5.24. The van der Waals surface area contributed by atoms with E-state index in [0.717, 1.165) is 37.9 Å². The number of anilines is 1. The van der Waals surface area contributed by atoms with Crippen molar-refractivity contribution in [1.82, 2.24) is 19.5 Å². The number of sulfonamides is 1. The number of amides is 1. The van der Waals surface area contributed by atoms with Crippen LogP contribution in [0.2, 0.25) is 0 Å². The summed E-state index contributed by atoms with van der Waals surface area (Å²) >= 11 is 1.24. The minimum atomic E-state index is -3.70. The number of hydrogen-bond donors (Lipinski definition) is 2. The summed E-state index contributed by atoms with van der Waals surface area (Å²) in [5.41, 5.74) is 0.415. The van der Waals surface area contributed by atoms with Gasteiger partial charge in [-0.2, -0.15) is 4.31 Å². The molecule has 2 fully saturated rings. The molecule has 9 nitrogen and oxygen atoms in total. The Morgan fingerprint density at radius 1 is 1.29 bits per heavy atom. The molecule has 4 rings (SSSR count). The van der Waals surface area contributed by atoms with E-state index in [1.807, 2.05) is 6.92 Å². The Morgan fingerprint density at radius 2 is 2.06 bits per heavy atom. The van der Waals surface area contributed by atoms with Crippen LogP contribution < -0.4 is 10.1 Å². The van der Waals surface area contributed by atoms with Gasteiger partial charge in [-0.05, 0) is 50.8 Å². The number of rotatable bonds is 9. The Labute approximate surface area is 186 Å². The minimum Gasteiger partial charge on any atom is -0.492 e. The zero-order chi connectivity index (χ0) is 21.8. The lowest BCUT2D eigenvalue weighted by Crippen LogP contribution is -2.35. The molecule has 2 aromatic rings. The number of piperidine rings is 1. The third-order valence-corrected chi connectivity index (χ3v) is 8.01. The quantitative estimate of drug-likeness (QED) is 0.547. The molecule has 11 heteroatoms. The number of nitrogens with one attached hydrogen (secondary N) is 2. The van der Waals surface area contributed by atoms with Crippen LogP contribution in [0.4, 0.5) is 5.69 Å². The maximum atomic E-state index is 13.2. The zero-order valence-corrected chi connectivity index (χ0v) is 19.1. The van der Waals surface area contributed by atoms with Crippen molar-refractivity contribution in [2.45, 2.75) is 55.0 Å². The normalized spacial score (nSPS) is 17.5. The van der Waals surface area contributed by atoms with E-state index in [-0.39, 0.29) is 16.6 Å². The molecule has 31 heavy (non-hydrogen) atoms. The molecule has 0 unspecified atom stereocenters. The molecule has 168 valence electrons. The molecule has 2 N–H and O–H groups in total. The van der Waals surface area contributed by atoms with Crippen LogP contribution in [0.15, 0.2) is 28.3 Å². The summed E-state index contributed by atoms with van der Waals surface area (Å²) in [7, 11) is -3.70. The lowest BCUT2D eigenvalue weighted by molar-refractivity contribution is -0.113. The maximum Gasteiger partial charge on any atom is 0.246 e. The number of aromatic nitrogens is 3. The highest BCUT2D eigenvalue weighted by Gasteiger charge is 2.30. The number of aromatic amines is 1. The summed E-state index contributed by atoms with van der Waals surface area (Å²) in [6, 6.07) is 4.73. The SMILES string of the molecule is CCOc1ccc(NC(=O)CSc2n[nH]c(C3CC3)n2)cc1S(=O)(=O)N1CCCCC1. The summed E-state index contributed by atoms with van der Waals surface area (Å²) in [5, 5.41) is 10.4. The lowest BCUT2D eigenvalue weighted by Gasteiger charge is -2.27. The molecule has 0 spiro atoms. The Bertz CT molecular complexity index is 1030. The van der Waals surface area contributed by atoms with Gasteiger partial charge in [-0.1, -0.05) is 18.2 Å². The Kier molecular flexibility index (Phi) is 6.83. The van der Waals surface area contributed by atoms with Crippen molar-refractivity contribution in [2.24, 2.45) is 0 Å². The maximum absolute atomic E-state index is 13.2. The second kappa shape index (κ2) is 9.58. The highest BCUT2D eigenvalue weighted by molar-refractivity contribution is 7.99. The fourth-order valence-corrected chi connectivity index (χ4v) is 5.78. The second-order valence-electron chi connectivity index (χ2n) is 7.67. The van der Waals surface area contributed by atoms with E-state index in [1.54, 1.807) is 12.1 Å². The van der Waals surface area contributed by atoms with Gasteiger partial charge in [-0.3, -0.25) is 9.89 Å². The van der Waals surface area contributed by atoms with Crippen molar-refractivity contribution in [2.75, 3.05) is 30.8 Å². The van der Waals surface area contributed by atoms with Crippen LogP contribution in [0.25, 0.3) is 0 Å². The number of ether oxygens (including phenoxy) is 1. The van der Waals surface area contributed by atoms with E-state index in [4.69, 9.17) is 4.74 Å². The van der Waals surface area contributed by atoms with Crippen LogP contribution in [0.3, 0.4) is 0 Å². The van der Waals surface area contributed by atoms with Crippen molar-refractivity contribution in [3.8, 4) is 5.75 Å². The first-order valence-electron chi connectivity index (χ1n) is 10.6. The topological polar surface area (TPSA) is 117 Å². The van der Waals surface area contributed by atoms with Gasteiger partial charge in [-0.25, -0.2) is 13.4 Å². The first-order chi connectivity index (χ1) is 15.0. The van der Waals surface area contributed by atoms with Crippen molar-refractivity contribution in [3.63, 3.8) is 0 Å². The average molecular weight is 466 g/mol.